The lowest BCUT2D eigenvalue weighted by Gasteiger charge is -2.29. The number of rotatable bonds is 13. The van der Waals surface area contributed by atoms with Crippen LogP contribution in [-0.2, 0) is 27.2 Å². The van der Waals surface area contributed by atoms with Crippen molar-refractivity contribution >= 4 is 36.4 Å². The van der Waals surface area contributed by atoms with Crippen molar-refractivity contribution in [1.82, 2.24) is 0 Å². The number of hydrogen-bond acceptors (Lipinski definition) is 8. The van der Waals surface area contributed by atoms with Crippen LogP contribution in [0.3, 0.4) is 0 Å². The van der Waals surface area contributed by atoms with Crippen molar-refractivity contribution in [1.29, 1.82) is 0 Å². The van der Waals surface area contributed by atoms with E-state index in [4.69, 9.17) is 18.1 Å². The highest BCUT2D eigenvalue weighted by Crippen LogP contribution is 2.76. The first-order valence-corrected chi connectivity index (χ1v) is 15.7. The zero-order chi connectivity index (χ0) is 22.2. The molecular weight excluding hydrogens is 450 g/mol. The SMILES string of the molecule is CC(C)OP(=O)(OC(C)C)SC(SP(=O)(OC(C)C)OC(C)C)c1ccccc1. The van der Waals surface area contributed by atoms with Gasteiger partial charge in [0.2, 0.25) is 0 Å². The van der Waals surface area contributed by atoms with E-state index in [0.29, 0.717) is 0 Å². The van der Waals surface area contributed by atoms with Crippen LogP contribution in [0, 0.1) is 0 Å². The average Bonchev–Trinajstić information content (AvgIpc) is 2.51. The lowest BCUT2D eigenvalue weighted by atomic mass is 10.2. The Morgan fingerprint density at radius 1 is 0.621 bits per heavy atom. The van der Waals surface area contributed by atoms with Gasteiger partial charge in [-0.1, -0.05) is 30.3 Å². The third-order valence-electron chi connectivity index (χ3n) is 2.88. The van der Waals surface area contributed by atoms with E-state index < -0.39 is 18.2 Å². The fraction of sp³-hybridized carbons (Fsp3) is 0.684. The van der Waals surface area contributed by atoms with E-state index in [2.05, 4.69) is 0 Å². The van der Waals surface area contributed by atoms with Gasteiger partial charge in [-0.25, -0.2) is 9.13 Å². The Morgan fingerprint density at radius 2 is 0.931 bits per heavy atom. The van der Waals surface area contributed by atoms with Crippen molar-refractivity contribution in [3.63, 3.8) is 0 Å². The monoisotopic (exact) mass is 484 g/mol. The maximum atomic E-state index is 13.5. The molecule has 0 spiro atoms. The molecule has 0 aliphatic rings. The Balaban J connectivity index is 3.28. The molecular formula is C19H34O6P2S2. The maximum Gasteiger partial charge on any atom is 0.391 e. The van der Waals surface area contributed by atoms with Crippen molar-refractivity contribution < 1.29 is 27.2 Å². The van der Waals surface area contributed by atoms with E-state index in [0.717, 1.165) is 28.3 Å². The van der Waals surface area contributed by atoms with Crippen molar-refractivity contribution in [2.75, 3.05) is 0 Å². The molecule has 0 saturated heterocycles. The first-order valence-electron chi connectivity index (χ1n) is 9.69. The fourth-order valence-electron chi connectivity index (χ4n) is 2.17. The first kappa shape index (κ1) is 27.3. The second kappa shape index (κ2) is 12.3. The van der Waals surface area contributed by atoms with Gasteiger partial charge < -0.3 is 0 Å². The lowest BCUT2D eigenvalue weighted by Crippen LogP contribution is -2.08. The standard InChI is InChI=1S/C19H34O6P2S2/c1-14(2)22-26(20,23-15(3)4)28-19(18-12-10-9-11-13-18)29-27(21,24-16(5)6)25-17(7)8/h9-17,19H,1-8H3. The molecule has 0 saturated carbocycles. The minimum Gasteiger partial charge on any atom is -0.298 e. The Hall–Kier alpha value is 0.220. The molecule has 1 rings (SSSR count). The van der Waals surface area contributed by atoms with Crippen molar-refractivity contribution in [3.05, 3.63) is 35.9 Å². The molecule has 0 radical (unpaired) electrons. The van der Waals surface area contributed by atoms with Crippen LogP contribution in [0.4, 0.5) is 0 Å². The highest BCUT2D eigenvalue weighted by atomic mass is 32.8. The molecule has 0 bridgehead atoms. The molecule has 0 fully saturated rings. The van der Waals surface area contributed by atoms with Gasteiger partial charge in [-0.2, -0.15) is 0 Å². The van der Waals surface area contributed by atoms with Gasteiger partial charge in [0.15, 0.2) is 0 Å². The molecule has 0 aliphatic carbocycles. The topological polar surface area (TPSA) is 71.1 Å². The summed E-state index contributed by atoms with van der Waals surface area (Å²) in [5.41, 5.74) is 0.822. The summed E-state index contributed by atoms with van der Waals surface area (Å²) < 4.78 is 49.2. The zero-order valence-corrected chi connectivity index (χ0v) is 21.9. The van der Waals surface area contributed by atoms with Crippen molar-refractivity contribution in [3.8, 4) is 0 Å². The summed E-state index contributed by atoms with van der Waals surface area (Å²) in [4.78, 5) is 0. The van der Waals surface area contributed by atoms with Gasteiger partial charge in [0.05, 0.1) is 29.0 Å². The molecule has 0 heterocycles. The third kappa shape index (κ3) is 10.9. The van der Waals surface area contributed by atoms with Crippen LogP contribution in [0.1, 0.15) is 65.5 Å². The molecule has 0 aromatic heterocycles. The highest BCUT2D eigenvalue weighted by Gasteiger charge is 2.40. The summed E-state index contributed by atoms with van der Waals surface area (Å²) in [6.45, 7) is 7.33. The quantitative estimate of drug-likeness (QED) is 0.206. The maximum absolute atomic E-state index is 13.5. The molecule has 29 heavy (non-hydrogen) atoms. The largest absolute Gasteiger partial charge is 0.391 e. The molecule has 0 aliphatic heterocycles. The second-order valence-electron chi connectivity index (χ2n) is 7.46. The summed E-state index contributed by atoms with van der Waals surface area (Å²) in [6, 6.07) is 9.40. The zero-order valence-electron chi connectivity index (χ0n) is 18.4. The van der Waals surface area contributed by atoms with Gasteiger partial charge in [-0.3, -0.25) is 18.1 Å². The van der Waals surface area contributed by atoms with E-state index in [1.54, 1.807) is 55.4 Å². The van der Waals surface area contributed by atoms with Crippen molar-refractivity contribution in [2.45, 2.75) is 84.4 Å². The molecule has 1 aromatic carbocycles. The third-order valence-corrected chi connectivity index (χ3v) is 12.3. The Kier molecular flexibility index (Phi) is 11.6. The molecule has 10 heteroatoms. The molecule has 6 nitrogen and oxygen atoms in total. The van der Waals surface area contributed by atoms with E-state index in [1.807, 2.05) is 30.3 Å². The van der Waals surface area contributed by atoms with Crippen LogP contribution >= 0.6 is 36.4 Å². The van der Waals surface area contributed by atoms with E-state index in [1.165, 1.54) is 0 Å². The summed E-state index contributed by atoms with van der Waals surface area (Å²) in [5, 5.41) is 0. The van der Waals surface area contributed by atoms with Crippen LogP contribution in [0.5, 0.6) is 0 Å². The van der Waals surface area contributed by atoms with Gasteiger partial charge in [-0.15, -0.1) is 0 Å². The number of benzene rings is 1. The minimum atomic E-state index is -3.54. The second-order valence-corrected chi connectivity index (χ2v) is 15.7. The van der Waals surface area contributed by atoms with Gasteiger partial charge in [0.1, 0.15) is 0 Å². The summed E-state index contributed by atoms with van der Waals surface area (Å²) in [7, 11) is 0. The number of hydrogen-bond donors (Lipinski definition) is 0. The van der Waals surface area contributed by atoms with Crippen LogP contribution < -0.4 is 0 Å². The normalized spacial score (nSPS) is 13.4. The van der Waals surface area contributed by atoms with Gasteiger partial charge in [-0.05, 0) is 83.7 Å². The first-order chi connectivity index (χ1) is 13.3. The fourth-order valence-corrected chi connectivity index (χ4v) is 13.8. The molecule has 0 unspecified atom stereocenters. The van der Waals surface area contributed by atoms with E-state index >= 15 is 0 Å². The van der Waals surface area contributed by atoms with Crippen LogP contribution in [0.15, 0.2) is 30.3 Å². The van der Waals surface area contributed by atoms with Gasteiger partial charge >= 0.3 is 13.6 Å². The summed E-state index contributed by atoms with van der Waals surface area (Å²) in [5.74, 6) is 0. The molecule has 0 N–H and O–H groups in total. The lowest BCUT2D eigenvalue weighted by molar-refractivity contribution is 0.155. The predicted molar refractivity (Wildman–Crippen MR) is 124 cm³/mol. The molecule has 1 aromatic rings. The van der Waals surface area contributed by atoms with Gasteiger partial charge in [0.25, 0.3) is 0 Å². The van der Waals surface area contributed by atoms with Crippen LogP contribution in [-0.4, -0.2) is 24.4 Å². The van der Waals surface area contributed by atoms with Crippen LogP contribution in [0.25, 0.3) is 0 Å². The molecule has 0 atom stereocenters. The average molecular weight is 485 g/mol. The van der Waals surface area contributed by atoms with Gasteiger partial charge in [0, 0.05) is 0 Å². The van der Waals surface area contributed by atoms with Crippen LogP contribution in [0.2, 0.25) is 0 Å². The smallest absolute Gasteiger partial charge is 0.298 e. The Bertz CT molecular complexity index is 629. The predicted octanol–water partition coefficient (Wildman–Crippen LogP) is 8.07. The summed E-state index contributed by atoms with van der Waals surface area (Å²) >= 11 is 2.05. The van der Waals surface area contributed by atoms with E-state index in [9.17, 15) is 9.13 Å². The molecule has 0 amide bonds. The highest BCUT2D eigenvalue weighted by molar-refractivity contribution is 8.65. The molecule has 168 valence electrons. The van der Waals surface area contributed by atoms with Crippen molar-refractivity contribution in [2.24, 2.45) is 0 Å². The van der Waals surface area contributed by atoms with E-state index in [-0.39, 0.29) is 24.4 Å². The Labute approximate surface area is 183 Å². The minimum absolute atomic E-state index is 0.292. The Morgan fingerprint density at radius 3 is 1.21 bits per heavy atom. The summed E-state index contributed by atoms with van der Waals surface area (Å²) in [6.07, 6.45) is -1.17.